The van der Waals surface area contributed by atoms with E-state index in [1.54, 1.807) is 0 Å². The Morgan fingerprint density at radius 1 is 1.33 bits per heavy atom. The molecule has 1 aromatic carbocycles. The van der Waals surface area contributed by atoms with Gasteiger partial charge in [-0.1, -0.05) is 41.9 Å². The SMILES string of the molecule is CC.Cc1cc(CN)ccc1Br. The van der Waals surface area contributed by atoms with Crippen LogP contribution >= 0.6 is 15.9 Å². The van der Waals surface area contributed by atoms with Crippen molar-refractivity contribution in [3.05, 3.63) is 33.8 Å². The van der Waals surface area contributed by atoms with Crippen molar-refractivity contribution in [1.82, 2.24) is 0 Å². The molecule has 0 aliphatic heterocycles. The average molecular weight is 230 g/mol. The molecule has 0 atom stereocenters. The summed E-state index contributed by atoms with van der Waals surface area (Å²) in [4.78, 5) is 0. The summed E-state index contributed by atoms with van der Waals surface area (Å²) in [5.41, 5.74) is 7.87. The lowest BCUT2D eigenvalue weighted by Crippen LogP contribution is -1.95. The van der Waals surface area contributed by atoms with Crippen molar-refractivity contribution in [2.24, 2.45) is 5.73 Å². The number of nitrogens with two attached hydrogens (primary N) is 1. The predicted octanol–water partition coefficient (Wildman–Crippen LogP) is 3.24. The van der Waals surface area contributed by atoms with E-state index in [1.165, 1.54) is 11.1 Å². The third kappa shape index (κ3) is 3.37. The molecule has 0 fully saturated rings. The van der Waals surface area contributed by atoms with Gasteiger partial charge in [-0.3, -0.25) is 0 Å². The van der Waals surface area contributed by atoms with Crippen molar-refractivity contribution in [2.75, 3.05) is 0 Å². The monoisotopic (exact) mass is 229 g/mol. The molecule has 0 amide bonds. The van der Waals surface area contributed by atoms with Crippen LogP contribution in [-0.4, -0.2) is 0 Å². The molecule has 0 bridgehead atoms. The third-order valence-electron chi connectivity index (χ3n) is 1.46. The smallest absolute Gasteiger partial charge is 0.0204 e. The molecule has 0 radical (unpaired) electrons. The molecule has 0 heterocycles. The van der Waals surface area contributed by atoms with E-state index < -0.39 is 0 Å². The maximum absolute atomic E-state index is 5.45. The van der Waals surface area contributed by atoms with Gasteiger partial charge >= 0.3 is 0 Å². The fourth-order valence-corrected chi connectivity index (χ4v) is 1.08. The fraction of sp³-hybridized carbons (Fsp3) is 0.400. The Hall–Kier alpha value is -0.340. The van der Waals surface area contributed by atoms with Crippen molar-refractivity contribution in [3.63, 3.8) is 0 Å². The standard InChI is InChI=1S/C8H10BrN.C2H6/c1-6-4-7(5-10)2-3-8(6)9;1-2/h2-4H,5,10H2,1H3;1-2H3. The molecule has 0 unspecified atom stereocenters. The van der Waals surface area contributed by atoms with Crippen LogP contribution < -0.4 is 5.73 Å². The molecule has 0 saturated carbocycles. The van der Waals surface area contributed by atoms with E-state index >= 15 is 0 Å². The van der Waals surface area contributed by atoms with E-state index in [4.69, 9.17) is 5.73 Å². The number of rotatable bonds is 1. The zero-order chi connectivity index (χ0) is 9.56. The molecular formula is C10H16BrN. The molecule has 1 nitrogen and oxygen atoms in total. The largest absolute Gasteiger partial charge is 0.326 e. The molecule has 0 spiro atoms. The molecule has 0 aliphatic rings. The maximum atomic E-state index is 5.45. The van der Waals surface area contributed by atoms with E-state index in [0.29, 0.717) is 6.54 Å². The van der Waals surface area contributed by atoms with Crippen LogP contribution in [-0.2, 0) is 6.54 Å². The van der Waals surface area contributed by atoms with Crippen LogP contribution in [0.15, 0.2) is 22.7 Å². The van der Waals surface area contributed by atoms with Crippen LogP contribution in [0.4, 0.5) is 0 Å². The summed E-state index contributed by atoms with van der Waals surface area (Å²) in [5.74, 6) is 0. The lowest BCUT2D eigenvalue weighted by Gasteiger charge is -1.99. The summed E-state index contributed by atoms with van der Waals surface area (Å²) in [7, 11) is 0. The van der Waals surface area contributed by atoms with Crippen LogP contribution in [0, 0.1) is 6.92 Å². The maximum Gasteiger partial charge on any atom is 0.0204 e. The van der Waals surface area contributed by atoms with Gasteiger partial charge in [0.1, 0.15) is 0 Å². The van der Waals surface area contributed by atoms with Gasteiger partial charge in [-0.25, -0.2) is 0 Å². The van der Waals surface area contributed by atoms with Crippen molar-refractivity contribution in [1.29, 1.82) is 0 Å². The van der Waals surface area contributed by atoms with E-state index in [1.807, 2.05) is 26.0 Å². The first-order valence-corrected chi connectivity index (χ1v) is 4.98. The predicted molar refractivity (Wildman–Crippen MR) is 58.1 cm³/mol. The van der Waals surface area contributed by atoms with Gasteiger partial charge in [0.15, 0.2) is 0 Å². The zero-order valence-electron chi connectivity index (χ0n) is 7.89. The molecule has 1 rings (SSSR count). The Balaban J connectivity index is 0.000000561. The van der Waals surface area contributed by atoms with Crippen LogP contribution in [0.25, 0.3) is 0 Å². The molecule has 2 heteroatoms. The van der Waals surface area contributed by atoms with Crippen LogP contribution in [0.3, 0.4) is 0 Å². The van der Waals surface area contributed by atoms with Crippen LogP contribution in [0.1, 0.15) is 25.0 Å². The van der Waals surface area contributed by atoms with Gasteiger partial charge in [0, 0.05) is 11.0 Å². The summed E-state index contributed by atoms with van der Waals surface area (Å²) in [5, 5.41) is 0. The van der Waals surface area contributed by atoms with Gasteiger partial charge in [0.25, 0.3) is 0 Å². The van der Waals surface area contributed by atoms with E-state index in [9.17, 15) is 0 Å². The van der Waals surface area contributed by atoms with Crippen molar-refractivity contribution >= 4 is 15.9 Å². The van der Waals surface area contributed by atoms with Gasteiger partial charge in [0.2, 0.25) is 0 Å². The first-order valence-electron chi connectivity index (χ1n) is 4.19. The highest BCUT2D eigenvalue weighted by atomic mass is 79.9. The van der Waals surface area contributed by atoms with Gasteiger partial charge in [0.05, 0.1) is 0 Å². The van der Waals surface area contributed by atoms with Crippen molar-refractivity contribution < 1.29 is 0 Å². The second-order valence-electron chi connectivity index (χ2n) is 2.29. The Labute approximate surface area is 83.1 Å². The molecular weight excluding hydrogens is 214 g/mol. The summed E-state index contributed by atoms with van der Waals surface area (Å²) in [6.45, 7) is 6.68. The summed E-state index contributed by atoms with van der Waals surface area (Å²) >= 11 is 3.42. The second kappa shape index (κ2) is 6.21. The van der Waals surface area contributed by atoms with E-state index in [-0.39, 0.29) is 0 Å². The lowest BCUT2D eigenvalue weighted by atomic mass is 10.1. The van der Waals surface area contributed by atoms with Crippen molar-refractivity contribution in [3.8, 4) is 0 Å². The number of hydrogen-bond donors (Lipinski definition) is 1. The first-order chi connectivity index (χ1) is 5.74. The average Bonchev–Trinajstić information content (AvgIpc) is 2.13. The summed E-state index contributed by atoms with van der Waals surface area (Å²) < 4.78 is 1.14. The highest BCUT2D eigenvalue weighted by molar-refractivity contribution is 9.10. The van der Waals surface area contributed by atoms with Crippen LogP contribution in [0.2, 0.25) is 0 Å². The van der Waals surface area contributed by atoms with E-state index in [0.717, 1.165) is 4.47 Å². The highest BCUT2D eigenvalue weighted by Crippen LogP contribution is 2.16. The normalized spacial score (nSPS) is 8.75. The van der Waals surface area contributed by atoms with Gasteiger partial charge < -0.3 is 5.73 Å². The molecule has 0 aromatic heterocycles. The minimum absolute atomic E-state index is 0.619. The molecule has 0 saturated heterocycles. The number of benzene rings is 1. The minimum atomic E-state index is 0.619. The number of aryl methyl sites for hydroxylation is 1. The zero-order valence-corrected chi connectivity index (χ0v) is 9.48. The molecule has 2 N–H and O–H groups in total. The number of hydrogen-bond acceptors (Lipinski definition) is 1. The van der Waals surface area contributed by atoms with Crippen molar-refractivity contribution in [2.45, 2.75) is 27.3 Å². The Morgan fingerprint density at radius 2 is 1.92 bits per heavy atom. The summed E-state index contributed by atoms with van der Waals surface area (Å²) in [6, 6.07) is 6.14. The van der Waals surface area contributed by atoms with Gasteiger partial charge in [-0.05, 0) is 24.1 Å². The number of halogens is 1. The quantitative estimate of drug-likeness (QED) is 0.787. The third-order valence-corrected chi connectivity index (χ3v) is 2.35. The molecule has 1 aromatic rings. The Bertz CT molecular complexity index is 233. The Morgan fingerprint density at radius 3 is 2.33 bits per heavy atom. The topological polar surface area (TPSA) is 26.0 Å². The summed E-state index contributed by atoms with van der Waals surface area (Å²) in [6.07, 6.45) is 0. The lowest BCUT2D eigenvalue weighted by molar-refractivity contribution is 1.06. The van der Waals surface area contributed by atoms with E-state index in [2.05, 4.69) is 28.9 Å². The van der Waals surface area contributed by atoms with Gasteiger partial charge in [-0.15, -0.1) is 0 Å². The molecule has 0 aliphatic carbocycles. The molecule has 12 heavy (non-hydrogen) atoms. The first kappa shape index (κ1) is 11.7. The minimum Gasteiger partial charge on any atom is -0.326 e. The molecule has 68 valence electrons. The fourth-order valence-electron chi connectivity index (χ4n) is 0.834. The highest BCUT2D eigenvalue weighted by Gasteiger charge is 1.93. The van der Waals surface area contributed by atoms with Gasteiger partial charge in [-0.2, -0.15) is 0 Å². The Kier molecular flexibility index (Phi) is 6.03. The van der Waals surface area contributed by atoms with Crippen LogP contribution in [0.5, 0.6) is 0 Å². The second-order valence-corrected chi connectivity index (χ2v) is 3.14.